The highest BCUT2D eigenvalue weighted by atomic mass is 16.5. The summed E-state index contributed by atoms with van der Waals surface area (Å²) in [7, 11) is 0. The van der Waals surface area contributed by atoms with Gasteiger partial charge in [-0.15, -0.1) is 0 Å². The molecule has 0 spiro atoms. The second-order valence-corrected chi connectivity index (χ2v) is 10.7. The van der Waals surface area contributed by atoms with E-state index in [-0.39, 0.29) is 28.3 Å². The van der Waals surface area contributed by atoms with Crippen LogP contribution in [0.2, 0.25) is 0 Å². The average molecular weight is 380 g/mol. The van der Waals surface area contributed by atoms with E-state index in [2.05, 4.69) is 62.6 Å². The van der Waals surface area contributed by atoms with Crippen molar-refractivity contribution in [1.82, 2.24) is 4.57 Å². The molecule has 0 radical (unpaired) electrons. The first kappa shape index (κ1) is 18.3. The maximum absolute atomic E-state index is 11.7. The van der Waals surface area contributed by atoms with Gasteiger partial charge in [0.1, 0.15) is 6.10 Å². The Balaban J connectivity index is 1.56. The summed E-state index contributed by atoms with van der Waals surface area (Å²) in [6.07, 6.45) is 5.77. The van der Waals surface area contributed by atoms with Crippen LogP contribution < -0.4 is 0 Å². The molecule has 150 valence electrons. The first-order chi connectivity index (χ1) is 13.2. The van der Waals surface area contributed by atoms with Crippen molar-refractivity contribution < 1.29 is 9.53 Å². The second-order valence-electron chi connectivity index (χ2n) is 10.7. The van der Waals surface area contributed by atoms with Crippen LogP contribution in [-0.4, -0.2) is 16.6 Å². The molecule has 2 heterocycles. The number of carbonyl (C=O) groups excluding carboxylic acids is 1. The number of hydrogen-bond acceptors (Lipinski definition) is 2. The van der Waals surface area contributed by atoms with Gasteiger partial charge in [0.15, 0.2) is 0 Å². The van der Waals surface area contributed by atoms with Crippen LogP contribution in [0.1, 0.15) is 72.0 Å². The van der Waals surface area contributed by atoms with Crippen LogP contribution in [0.15, 0.2) is 30.3 Å². The van der Waals surface area contributed by atoms with Gasteiger partial charge < -0.3 is 9.30 Å². The van der Waals surface area contributed by atoms with Crippen LogP contribution in [0.5, 0.6) is 0 Å². The van der Waals surface area contributed by atoms with Crippen LogP contribution in [0.25, 0.3) is 10.9 Å². The maximum Gasteiger partial charge on any atom is 0.302 e. The third kappa shape index (κ3) is 2.14. The van der Waals surface area contributed by atoms with Gasteiger partial charge >= 0.3 is 5.97 Å². The summed E-state index contributed by atoms with van der Waals surface area (Å²) in [4.78, 5) is 11.7. The number of nitrogens with zero attached hydrogens (tertiary/aromatic N) is 1. The van der Waals surface area contributed by atoms with E-state index in [1.165, 1.54) is 29.4 Å². The number of ether oxygens (including phenoxy) is 1. The molecule has 2 aromatic rings. The monoisotopic (exact) mass is 379 g/mol. The molecule has 5 rings (SSSR count). The van der Waals surface area contributed by atoms with Gasteiger partial charge in [-0.05, 0) is 66.4 Å². The van der Waals surface area contributed by atoms with Gasteiger partial charge in [-0.25, -0.2) is 0 Å². The molecule has 28 heavy (non-hydrogen) atoms. The Labute approximate surface area is 168 Å². The minimum absolute atomic E-state index is 0.0198. The van der Waals surface area contributed by atoms with Gasteiger partial charge in [-0.3, -0.25) is 4.79 Å². The lowest BCUT2D eigenvalue weighted by Gasteiger charge is -2.64. The number of para-hydroxylation sites is 1. The first-order valence-corrected chi connectivity index (χ1v) is 10.9. The molecule has 3 aliphatic rings. The SMILES string of the molecule is CC(=O)OC1CCC2(C)C(CCC3n4c(cc5ccccc54)CC32C)C1(C)C. The number of rotatable bonds is 1. The van der Waals surface area contributed by atoms with Crippen LogP contribution in [0, 0.1) is 22.2 Å². The Hall–Kier alpha value is -1.77. The molecule has 0 amide bonds. The molecule has 0 saturated heterocycles. The van der Waals surface area contributed by atoms with E-state index in [4.69, 9.17) is 4.74 Å². The molecule has 0 N–H and O–H groups in total. The zero-order chi connectivity index (χ0) is 19.9. The van der Waals surface area contributed by atoms with Crippen molar-refractivity contribution in [3.8, 4) is 0 Å². The van der Waals surface area contributed by atoms with E-state index in [0.29, 0.717) is 12.0 Å². The lowest BCUT2D eigenvalue weighted by atomic mass is 9.41. The molecule has 1 aromatic heterocycles. The Morgan fingerprint density at radius 2 is 1.82 bits per heavy atom. The predicted molar refractivity (Wildman–Crippen MR) is 112 cm³/mol. The minimum Gasteiger partial charge on any atom is -0.462 e. The summed E-state index contributed by atoms with van der Waals surface area (Å²) < 4.78 is 8.47. The third-order valence-electron chi connectivity index (χ3n) is 9.19. The smallest absolute Gasteiger partial charge is 0.302 e. The first-order valence-electron chi connectivity index (χ1n) is 10.9. The molecule has 5 unspecified atom stereocenters. The van der Waals surface area contributed by atoms with E-state index >= 15 is 0 Å². The Morgan fingerprint density at radius 1 is 1.07 bits per heavy atom. The van der Waals surface area contributed by atoms with Crippen molar-refractivity contribution in [2.75, 3.05) is 0 Å². The summed E-state index contributed by atoms with van der Waals surface area (Å²) in [5.74, 6) is 0.445. The normalized spacial score (nSPS) is 38.5. The van der Waals surface area contributed by atoms with E-state index in [1.807, 2.05) is 0 Å². The van der Waals surface area contributed by atoms with Gasteiger partial charge in [0.2, 0.25) is 0 Å². The maximum atomic E-state index is 11.7. The largest absolute Gasteiger partial charge is 0.462 e. The lowest BCUT2D eigenvalue weighted by Crippen LogP contribution is -2.60. The average Bonchev–Trinajstić information content (AvgIpc) is 3.11. The number of fused-ring (bicyclic) bond motifs is 7. The molecular weight excluding hydrogens is 346 g/mol. The van der Waals surface area contributed by atoms with Crippen LogP contribution in [-0.2, 0) is 16.0 Å². The molecule has 2 fully saturated rings. The summed E-state index contributed by atoms with van der Waals surface area (Å²) in [5.41, 5.74) is 3.45. The van der Waals surface area contributed by atoms with Gasteiger partial charge in [-0.1, -0.05) is 45.9 Å². The van der Waals surface area contributed by atoms with E-state index < -0.39 is 0 Å². The molecule has 1 aromatic carbocycles. The number of carbonyl (C=O) groups is 1. The van der Waals surface area contributed by atoms with E-state index in [1.54, 1.807) is 6.92 Å². The number of hydrogen-bond donors (Lipinski definition) is 0. The van der Waals surface area contributed by atoms with Crippen molar-refractivity contribution >= 4 is 16.9 Å². The summed E-state index contributed by atoms with van der Waals surface area (Å²) >= 11 is 0. The summed E-state index contributed by atoms with van der Waals surface area (Å²) in [6, 6.07) is 11.9. The van der Waals surface area contributed by atoms with E-state index in [0.717, 1.165) is 19.3 Å². The van der Waals surface area contributed by atoms with E-state index in [9.17, 15) is 4.79 Å². The molecule has 3 nitrogen and oxygen atoms in total. The highest BCUT2D eigenvalue weighted by molar-refractivity contribution is 5.82. The van der Waals surface area contributed by atoms with Crippen LogP contribution >= 0.6 is 0 Å². The third-order valence-corrected chi connectivity index (χ3v) is 9.19. The predicted octanol–water partition coefficient (Wildman–Crippen LogP) is 5.91. The van der Waals surface area contributed by atoms with Crippen molar-refractivity contribution in [3.05, 3.63) is 36.0 Å². The molecule has 2 aliphatic carbocycles. The van der Waals surface area contributed by atoms with Gasteiger partial charge in [0.25, 0.3) is 0 Å². The minimum atomic E-state index is -0.134. The van der Waals surface area contributed by atoms with Crippen molar-refractivity contribution in [2.24, 2.45) is 22.2 Å². The Morgan fingerprint density at radius 3 is 2.57 bits per heavy atom. The van der Waals surface area contributed by atoms with Crippen LogP contribution in [0.3, 0.4) is 0 Å². The topological polar surface area (TPSA) is 31.2 Å². The Bertz CT molecular complexity index is 957. The zero-order valence-electron chi connectivity index (χ0n) is 17.9. The molecule has 0 bridgehead atoms. The fourth-order valence-electron chi connectivity index (χ4n) is 7.68. The Kier molecular flexibility index (Phi) is 3.68. The molecular formula is C25H33NO2. The summed E-state index contributed by atoms with van der Waals surface area (Å²) in [6.45, 7) is 11.3. The molecule has 3 heteroatoms. The van der Waals surface area contributed by atoms with Gasteiger partial charge in [0.05, 0.1) is 0 Å². The quantitative estimate of drug-likeness (QED) is 0.577. The number of benzene rings is 1. The van der Waals surface area contributed by atoms with Crippen LogP contribution in [0.4, 0.5) is 0 Å². The highest BCUT2D eigenvalue weighted by Gasteiger charge is 2.65. The zero-order valence-corrected chi connectivity index (χ0v) is 17.9. The molecule has 2 saturated carbocycles. The number of aromatic nitrogens is 1. The van der Waals surface area contributed by atoms with Gasteiger partial charge in [-0.2, -0.15) is 0 Å². The standard InChI is InChI=1S/C25H33NO2/c1-16(27)28-22-12-13-24(4)20(23(22,2)3)10-11-21-25(24,5)15-18-14-17-8-6-7-9-19(17)26(18)21/h6-9,14,20-22H,10-13,15H2,1-5H3. The van der Waals surface area contributed by atoms with Crippen molar-refractivity contribution in [2.45, 2.75) is 78.9 Å². The molecule has 5 atom stereocenters. The second kappa shape index (κ2) is 5.64. The van der Waals surface area contributed by atoms with Crippen molar-refractivity contribution in [1.29, 1.82) is 0 Å². The number of esters is 1. The molecule has 1 aliphatic heterocycles. The van der Waals surface area contributed by atoms with Crippen molar-refractivity contribution in [3.63, 3.8) is 0 Å². The fraction of sp³-hybridized carbons (Fsp3) is 0.640. The van der Waals surface area contributed by atoms with Gasteiger partial charge in [0, 0.05) is 29.6 Å². The summed E-state index contributed by atoms with van der Waals surface area (Å²) in [5, 5.41) is 1.38. The lowest BCUT2D eigenvalue weighted by molar-refractivity contribution is -0.195. The fourth-order valence-corrected chi connectivity index (χ4v) is 7.68. The highest BCUT2D eigenvalue weighted by Crippen LogP contribution is 2.70.